The zero-order chi connectivity index (χ0) is 22.6. The van der Waals surface area contributed by atoms with Crippen molar-refractivity contribution < 1.29 is 37.0 Å². The molecule has 0 aromatic carbocycles. The van der Waals surface area contributed by atoms with Crippen LogP contribution in [-0.2, 0) is 27.3 Å². The van der Waals surface area contributed by atoms with Gasteiger partial charge in [-0.2, -0.15) is 13.2 Å². The topological polar surface area (TPSA) is 92.0 Å². The number of hydrogen-bond acceptors (Lipinski definition) is 5. The zero-order valence-electron chi connectivity index (χ0n) is 17.5. The van der Waals surface area contributed by atoms with Gasteiger partial charge in [0.2, 0.25) is 5.91 Å². The van der Waals surface area contributed by atoms with Gasteiger partial charge in [0.05, 0.1) is 18.6 Å². The monoisotopic (exact) mass is 446 g/mol. The summed E-state index contributed by atoms with van der Waals surface area (Å²) in [5, 5.41) is 10.4. The summed E-state index contributed by atoms with van der Waals surface area (Å²) in [4.78, 5) is 24.0. The minimum absolute atomic E-state index is 0.0486. The van der Waals surface area contributed by atoms with Crippen molar-refractivity contribution >= 4 is 11.9 Å². The van der Waals surface area contributed by atoms with E-state index in [4.69, 9.17) is 19.1 Å². The van der Waals surface area contributed by atoms with Crippen LogP contribution in [0.15, 0.2) is 16.5 Å². The number of aryl methyl sites for hydroxylation is 1. The van der Waals surface area contributed by atoms with Crippen LogP contribution in [0, 0.1) is 11.8 Å². The highest BCUT2D eigenvalue weighted by Crippen LogP contribution is 2.35. The first kappa shape index (κ1) is 23.6. The fraction of sp³-hybridized carbons (Fsp3) is 0.714. The SMILES string of the molecule is CCc1ccc(CN2C[C@H](C(=O)NC3CCC3)[C@@H]3CCO[C@@H]3C2)o1.O=C(O)C(F)(F)F. The van der Waals surface area contributed by atoms with Gasteiger partial charge in [-0.15, -0.1) is 0 Å². The summed E-state index contributed by atoms with van der Waals surface area (Å²) < 4.78 is 43.5. The number of fused-ring (bicyclic) bond motifs is 1. The first-order chi connectivity index (χ1) is 14.7. The van der Waals surface area contributed by atoms with E-state index in [1.807, 2.05) is 0 Å². The minimum atomic E-state index is -5.08. The van der Waals surface area contributed by atoms with Crippen molar-refractivity contribution in [3.8, 4) is 0 Å². The summed E-state index contributed by atoms with van der Waals surface area (Å²) in [5.41, 5.74) is 0. The number of carboxylic acids is 1. The van der Waals surface area contributed by atoms with Crippen LogP contribution in [0.5, 0.6) is 0 Å². The van der Waals surface area contributed by atoms with Gasteiger partial charge in [-0.1, -0.05) is 6.92 Å². The quantitative estimate of drug-likeness (QED) is 0.723. The molecule has 2 saturated heterocycles. The summed E-state index contributed by atoms with van der Waals surface area (Å²) >= 11 is 0. The number of carboxylic acid groups (broad SMARTS) is 1. The molecule has 3 aliphatic rings. The van der Waals surface area contributed by atoms with Gasteiger partial charge in [0.25, 0.3) is 0 Å². The molecular weight excluding hydrogens is 417 g/mol. The molecule has 3 fully saturated rings. The first-order valence-electron chi connectivity index (χ1n) is 10.7. The van der Waals surface area contributed by atoms with Crippen LogP contribution in [0.4, 0.5) is 13.2 Å². The van der Waals surface area contributed by atoms with Crippen molar-refractivity contribution in [1.29, 1.82) is 0 Å². The fourth-order valence-corrected chi connectivity index (χ4v) is 4.24. The van der Waals surface area contributed by atoms with Gasteiger partial charge < -0.3 is 19.6 Å². The Hall–Kier alpha value is -2.07. The molecule has 4 rings (SSSR count). The minimum Gasteiger partial charge on any atom is -0.475 e. The largest absolute Gasteiger partial charge is 0.490 e. The normalized spacial score (nSPS) is 26.4. The Morgan fingerprint density at radius 3 is 2.42 bits per heavy atom. The maximum atomic E-state index is 12.8. The van der Waals surface area contributed by atoms with Crippen LogP contribution in [0.3, 0.4) is 0 Å². The van der Waals surface area contributed by atoms with Gasteiger partial charge in [0.1, 0.15) is 11.5 Å². The Morgan fingerprint density at radius 2 is 1.87 bits per heavy atom. The first-order valence-corrected chi connectivity index (χ1v) is 10.7. The Morgan fingerprint density at radius 1 is 1.19 bits per heavy atom. The predicted molar refractivity (Wildman–Crippen MR) is 104 cm³/mol. The lowest BCUT2D eigenvalue weighted by Gasteiger charge is -2.40. The third-order valence-electron chi connectivity index (χ3n) is 6.15. The molecule has 2 N–H and O–H groups in total. The van der Waals surface area contributed by atoms with Gasteiger partial charge >= 0.3 is 12.1 Å². The van der Waals surface area contributed by atoms with Crippen molar-refractivity contribution in [1.82, 2.24) is 10.2 Å². The lowest BCUT2D eigenvalue weighted by molar-refractivity contribution is -0.192. The second-order valence-corrected chi connectivity index (χ2v) is 8.32. The molecule has 1 saturated carbocycles. The molecule has 3 atom stereocenters. The number of ether oxygens (including phenoxy) is 1. The number of alkyl halides is 3. The van der Waals surface area contributed by atoms with Crippen molar-refractivity contribution in [2.75, 3.05) is 19.7 Å². The molecule has 1 aromatic heterocycles. The number of carbonyl (C=O) groups excluding carboxylic acids is 1. The van der Waals surface area contributed by atoms with Gasteiger partial charge in [-0.05, 0) is 37.8 Å². The number of rotatable bonds is 5. The van der Waals surface area contributed by atoms with E-state index in [1.54, 1.807) is 0 Å². The smallest absolute Gasteiger partial charge is 0.475 e. The summed E-state index contributed by atoms with van der Waals surface area (Å²) in [6.07, 6.45) is 0.562. The molecule has 1 amide bonds. The molecule has 3 heterocycles. The van der Waals surface area contributed by atoms with E-state index in [-0.39, 0.29) is 17.9 Å². The molecular formula is C21H29F3N2O5. The van der Waals surface area contributed by atoms with Crippen LogP contribution in [0.2, 0.25) is 0 Å². The van der Waals surface area contributed by atoms with E-state index in [1.165, 1.54) is 6.42 Å². The summed E-state index contributed by atoms with van der Waals surface area (Å²) in [6, 6.07) is 4.52. The number of amides is 1. The standard InChI is InChI=1S/C19H28N2O3.C2HF3O2/c1-2-14-6-7-15(24-14)10-21-11-17(16-8-9-23-18(16)12-21)19(22)20-13-4-3-5-13;3-2(4,5)1(6)7/h6-7,13,16-18H,2-5,8-12H2,1H3,(H,20,22);(H,6,7)/t16-,17-,18+;/m0./s1. The van der Waals surface area contributed by atoms with Gasteiger partial charge in [0, 0.05) is 38.1 Å². The molecule has 1 aromatic rings. The highest BCUT2D eigenvalue weighted by atomic mass is 19.4. The summed E-state index contributed by atoms with van der Waals surface area (Å²) in [5.74, 6) is -0.0830. The van der Waals surface area contributed by atoms with Gasteiger partial charge in [0.15, 0.2) is 0 Å². The average molecular weight is 446 g/mol. The Balaban J connectivity index is 0.000000339. The maximum absolute atomic E-state index is 12.8. The number of nitrogens with one attached hydrogen (secondary N) is 1. The number of carbonyl (C=O) groups is 2. The van der Waals surface area contributed by atoms with Crippen molar-refractivity contribution in [2.24, 2.45) is 11.8 Å². The maximum Gasteiger partial charge on any atom is 0.490 e. The van der Waals surface area contributed by atoms with Crippen LogP contribution in [0.1, 0.15) is 44.1 Å². The third-order valence-corrected chi connectivity index (χ3v) is 6.15. The Kier molecular flexibility index (Phi) is 7.64. The van der Waals surface area contributed by atoms with E-state index in [0.717, 1.165) is 63.4 Å². The molecule has 0 radical (unpaired) electrons. The molecule has 2 aliphatic heterocycles. The highest BCUT2D eigenvalue weighted by molar-refractivity contribution is 5.80. The van der Waals surface area contributed by atoms with Crippen LogP contribution >= 0.6 is 0 Å². The number of halogens is 3. The highest BCUT2D eigenvalue weighted by Gasteiger charge is 2.44. The predicted octanol–water partition coefficient (Wildman–Crippen LogP) is 2.98. The number of furan rings is 1. The number of aliphatic carboxylic acids is 1. The van der Waals surface area contributed by atoms with Crippen LogP contribution < -0.4 is 5.32 Å². The molecule has 7 nitrogen and oxygen atoms in total. The molecule has 174 valence electrons. The third kappa shape index (κ3) is 6.22. The Bertz CT molecular complexity index is 762. The molecule has 0 bridgehead atoms. The van der Waals surface area contributed by atoms with Crippen molar-refractivity contribution in [2.45, 2.75) is 63.9 Å². The average Bonchev–Trinajstić information content (AvgIpc) is 3.32. The molecule has 1 aliphatic carbocycles. The van der Waals surface area contributed by atoms with E-state index < -0.39 is 12.1 Å². The zero-order valence-corrected chi connectivity index (χ0v) is 17.5. The van der Waals surface area contributed by atoms with Crippen molar-refractivity contribution in [3.05, 3.63) is 23.7 Å². The number of likely N-dealkylation sites (tertiary alicyclic amines) is 1. The van der Waals surface area contributed by atoms with Gasteiger partial charge in [-0.25, -0.2) is 4.79 Å². The van der Waals surface area contributed by atoms with E-state index in [2.05, 4.69) is 29.3 Å². The van der Waals surface area contributed by atoms with E-state index in [0.29, 0.717) is 12.0 Å². The molecule has 10 heteroatoms. The fourth-order valence-electron chi connectivity index (χ4n) is 4.24. The second-order valence-electron chi connectivity index (χ2n) is 8.32. The summed E-state index contributed by atoms with van der Waals surface area (Å²) in [7, 11) is 0. The number of piperidine rings is 1. The second kappa shape index (κ2) is 10.0. The van der Waals surface area contributed by atoms with Crippen molar-refractivity contribution in [3.63, 3.8) is 0 Å². The lowest BCUT2D eigenvalue weighted by Crippen LogP contribution is -2.54. The molecule has 0 spiro atoms. The van der Waals surface area contributed by atoms with Crippen LogP contribution in [-0.4, -0.2) is 59.9 Å². The Labute approximate surface area is 178 Å². The van der Waals surface area contributed by atoms with E-state index in [9.17, 15) is 18.0 Å². The number of hydrogen-bond donors (Lipinski definition) is 2. The number of nitrogens with zero attached hydrogens (tertiary/aromatic N) is 1. The summed E-state index contributed by atoms with van der Waals surface area (Å²) in [6.45, 7) is 5.36. The van der Waals surface area contributed by atoms with Crippen LogP contribution in [0.25, 0.3) is 0 Å². The van der Waals surface area contributed by atoms with Gasteiger partial charge in [-0.3, -0.25) is 9.69 Å². The molecule has 31 heavy (non-hydrogen) atoms. The lowest BCUT2D eigenvalue weighted by atomic mass is 9.81. The molecule has 0 unspecified atom stereocenters. The van der Waals surface area contributed by atoms with E-state index >= 15 is 0 Å².